The van der Waals surface area contributed by atoms with Crippen molar-refractivity contribution in [3.05, 3.63) is 29.6 Å². The largest absolute Gasteiger partial charge is 0.488 e. The van der Waals surface area contributed by atoms with E-state index in [1.165, 1.54) is 25.0 Å². The SMILES string of the molecule is CC1CCCCN1Cc1ccc(F)cc1B(O)O. The molecule has 2 N–H and O–H groups in total. The molecule has 0 saturated carbocycles. The summed E-state index contributed by atoms with van der Waals surface area (Å²) in [6.07, 6.45) is 3.58. The molecule has 1 fully saturated rings. The Morgan fingerprint density at radius 1 is 1.39 bits per heavy atom. The number of halogens is 1. The van der Waals surface area contributed by atoms with Crippen molar-refractivity contribution < 1.29 is 14.4 Å². The van der Waals surface area contributed by atoms with E-state index < -0.39 is 12.9 Å². The summed E-state index contributed by atoms with van der Waals surface area (Å²) in [4.78, 5) is 2.31. The molecule has 0 amide bonds. The van der Waals surface area contributed by atoms with Gasteiger partial charge in [-0.3, -0.25) is 4.90 Å². The fraction of sp³-hybridized carbons (Fsp3) is 0.538. The molecule has 1 aliphatic heterocycles. The highest BCUT2D eigenvalue weighted by Crippen LogP contribution is 2.18. The van der Waals surface area contributed by atoms with E-state index in [2.05, 4.69) is 11.8 Å². The second-order valence-corrected chi connectivity index (χ2v) is 5.03. The predicted octanol–water partition coefficient (Wildman–Crippen LogP) is 0.880. The molecule has 1 saturated heterocycles. The molecule has 1 aliphatic rings. The van der Waals surface area contributed by atoms with Gasteiger partial charge in [0, 0.05) is 12.6 Å². The maximum atomic E-state index is 13.1. The molecule has 5 heteroatoms. The Balaban J connectivity index is 2.17. The van der Waals surface area contributed by atoms with Gasteiger partial charge < -0.3 is 10.0 Å². The third-order valence-electron chi connectivity index (χ3n) is 3.70. The normalized spacial score (nSPS) is 21.0. The lowest BCUT2D eigenvalue weighted by Crippen LogP contribution is -2.40. The van der Waals surface area contributed by atoms with Gasteiger partial charge in [-0.05, 0) is 49.5 Å². The van der Waals surface area contributed by atoms with Crippen LogP contribution in [0.15, 0.2) is 18.2 Å². The number of benzene rings is 1. The molecule has 1 heterocycles. The summed E-state index contributed by atoms with van der Waals surface area (Å²) >= 11 is 0. The minimum atomic E-state index is -1.62. The van der Waals surface area contributed by atoms with E-state index >= 15 is 0 Å². The van der Waals surface area contributed by atoms with Gasteiger partial charge in [0.1, 0.15) is 5.82 Å². The maximum absolute atomic E-state index is 13.1. The molecule has 0 bridgehead atoms. The van der Waals surface area contributed by atoms with Gasteiger partial charge >= 0.3 is 7.12 Å². The van der Waals surface area contributed by atoms with Gasteiger partial charge in [-0.1, -0.05) is 12.5 Å². The molecule has 0 aromatic heterocycles. The van der Waals surface area contributed by atoms with Crippen molar-refractivity contribution in [3.8, 4) is 0 Å². The number of likely N-dealkylation sites (tertiary alicyclic amines) is 1. The van der Waals surface area contributed by atoms with Crippen molar-refractivity contribution in [3.63, 3.8) is 0 Å². The Bertz CT molecular complexity index is 414. The van der Waals surface area contributed by atoms with Crippen molar-refractivity contribution in [2.75, 3.05) is 6.54 Å². The van der Waals surface area contributed by atoms with Crippen LogP contribution in [0.3, 0.4) is 0 Å². The molecule has 2 rings (SSSR count). The van der Waals surface area contributed by atoms with E-state index in [0.29, 0.717) is 12.6 Å². The van der Waals surface area contributed by atoms with Crippen molar-refractivity contribution in [2.24, 2.45) is 0 Å². The molecule has 0 spiro atoms. The molecule has 1 aromatic rings. The zero-order chi connectivity index (χ0) is 13.1. The Kier molecular flexibility index (Phi) is 4.38. The second kappa shape index (κ2) is 5.82. The molecular formula is C13H19BFNO2. The van der Waals surface area contributed by atoms with Gasteiger partial charge in [-0.2, -0.15) is 0 Å². The zero-order valence-corrected chi connectivity index (χ0v) is 10.6. The number of hydrogen-bond donors (Lipinski definition) is 2. The van der Waals surface area contributed by atoms with Crippen LogP contribution in [0.25, 0.3) is 0 Å². The van der Waals surface area contributed by atoms with E-state index in [9.17, 15) is 14.4 Å². The molecule has 3 nitrogen and oxygen atoms in total. The fourth-order valence-corrected chi connectivity index (χ4v) is 2.56. The smallest absolute Gasteiger partial charge is 0.423 e. The fourth-order valence-electron chi connectivity index (χ4n) is 2.56. The summed E-state index contributed by atoms with van der Waals surface area (Å²) in [6, 6.07) is 4.71. The highest BCUT2D eigenvalue weighted by Gasteiger charge is 2.22. The van der Waals surface area contributed by atoms with E-state index in [4.69, 9.17) is 0 Å². The number of rotatable bonds is 3. The standard InChI is InChI=1S/C13H19BFNO2/c1-10-4-2-3-7-16(10)9-11-5-6-12(15)8-13(11)14(17)18/h5-6,8,10,17-18H,2-4,7,9H2,1H3. The first kappa shape index (κ1) is 13.5. The van der Waals surface area contributed by atoms with Gasteiger partial charge in [0.05, 0.1) is 0 Å². The molecule has 1 unspecified atom stereocenters. The average Bonchev–Trinajstić information content (AvgIpc) is 2.34. The predicted molar refractivity (Wildman–Crippen MR) is 69.9 cm³/mol. The van der Waals surface area contributed by atoms with E-state index in [1.54, 1.807) is 6.07 Å². The van der Waals surface area contributed by atoms with Crippen LogP contribution in [-0.2, 0) is 6.54 Å². The molecular weight excluding hydrogens is 232 g/mol. The average molecular weight is 251 g/mol. The Morgan fingerprint density at radius 2 is 2.17 bits per heavy atom. The monoisotopic (exact) mass is 251 g/mol. The van der Waals surface area contributed by atoms with Crippen LogP contribution in [0.1, 0.15) is 31.7 Å². The van der Waals surface area contributed by atoms with Crippen LogP contribution in [0.4, 0.5) is 4.39 Å². The topological polar surface area (TPSA) is 43.7 Å². The van der Waals surface area contributed by atoms with Gasteiger partial charge in [0.25, 0.3) is 0 Å². The van der Waals surface area contributed by atoms with Crippen LogP contribution >= 0.6 is 0 Å². The zero-order valence-electron chi connectivity index (χ0n) is 10.6. The highest BCUT2D eigenvalue weighted by molar-refractivity contribution is 6.59. The summed E-state index contributed by atoms with van der Waals surface area (Å²) < 4.78 is 13.1. The van der Waals surface area contributed by atoms with Crippen molar-refractivity contribution in [2.45, 2.75) is 38.8 Å². The lowest BCUT2D eigenvalue weighted by atomic mass is 9.76. The molecule has 98 valence electrons. The van der Waals surface area contributed by atoms with Crippen LogP contribution in [0.2, 0.25) is 0 Å². The van der Waals surface area contributed by atoms with Gasteiger partial charge in [-0.15, -0.1) is 0 Å². The van der Waals surface area contributed by atoms with E-state index in [0.717, 1.165) is 18.5 Å². The van der Waals surface area contributed by atoms with Gasteiger partial charge in [0.15, 0.2) is 0 Å². The minimum absolute atomic E-state index is 0.271. The Morgan fingerprint density at radius 3 is 2.83 bits per heavy atom. The number of hydrogen-bond acceptors (Lipinski definition) is 3. The van der Waals surface area contributed by atoms with E-state index in [1.807, 2.05) is 0 Å². The quantitative estimate of drug-likeness (QED) is 0.784. The second-order valence-electron chi connectivity index (χ2n) is 5.03. The van der Waals surface area contributed by atoms with E-state index in [-0.39, 0.29) is 5.46 Å². The summed E-state index contributed by atoms with van der Waals surface area (Å²) in [5.41, 5.74) is 1.06. The van der Waals surface area contributed by atoms with Gasteiger partial charge in [-0.25, -0.2) is 4.39 Å². The Labute approximate surface area is 107 Å². The van der Waals surface area contributed by atoms with Gasteiger partial charge in [0.2, 0.25) is 0 Å². The molecule has 18 heavy (non-hydrogen) atoms. The lowest BCUT2D eigenvalue weighted by Gasteiger charge is -2.33. The molecule has 1 atom stereocenters. The number of nitrogens with zero attached hydrogens (tertiary/aromatic N) is 1. The van der Waals surface area contributed by atoms with Crippen molar-refractivity contribution in [1.82, 2.24) is 4.90 Å². The lowest BCUT2D eigenvalue weighted by molar-refractivity contribution is 0.153. The third kappa shape index (κ3) is 3.10. The molecule has 0 aliphatic carbocycles. The number of piperidine rings is 1. The molecule has 0 radical (unpaired) electrons. The van der Waals surface area contributed by atoms with Crippen molar-refractivity contribution >= 4 is 12.6 Å². The first-order valence-electron chi connectivity index (χ1n) is 6.46. The third-order valence-corrected chi connectivity index (χ3v) is 3.70. The molecule has 1 aromatic carbocycles. The summed E-state index contributed by atoms with van der Waals surface area (Å²) in [6.45, 7) is 3.84. The van der Waals surface area contributed by atoms with Crippen LogP contribution < -0.4 is 5.46 Å². The Hall–Kier alpha value is -0.905. The minimum Gasteiger partial charge on any atom is -0.423 e. The summed E-state index contributed by atoms with van der Waals surface area (Å²) in [5, 5.41) is 18.6. The summed E-state index contributed by atoms with van der Waals surface area (Å²) in [7, 11) is -1.62. The summed E-state index contributed by atoms with van der Waals surface area (Å²) in [5.74, 6) is -0.437. The van der Waals surface area contributed by atoms with Crippen LogP contribution in [0.5, 0.6) is 0 Å². The maximum Gasteiger partial charge on any atom is 0.488 e. The van der Waals surface area contributed by atoms with Crippen LogP contribution in [-0.4, -0.2) is 34.7 Å². The van der Waals surface area contributed by atoms with Crippen molar-refractivity contribution in [1.29, 1.82) is 0 Å². The first-order valence-corrected chi connectivity index (χ1v) is 6.46. The highest BCUT2D eigenvalue weighted by atomic mass is 19.1. The first-order chi connectivity index (χ1) is 8.58. The van der Waals surface area contributed by atoms with Crippen LogP contribution in [0, 0.1) is 5.82 Å².